The smallest absolute Gasteiger partial charge is 0.337 e. The van der Waals surface area contributed by atoms with Gasteiger partial charge in [-0.2, -0.15) is 0 Å². The van der Waals surface area contributed by atoms with Gasteiger partial charge in [0.05, 0.1) is 22.8 Å². The molecule has 2 N–H and O–H groups in total. The molecule has 0 aliphatic heterocycles. The molecule has 0 spiro atoms. The number of fused-ring (bicyclic) bond motifs is 1. The Morgan fingerprint density at radius 1 is 1.11 bits per heavy atom. The Labute approximate surface area is 222 Å². The number of halogens is 1. The number of carbonyl (C=O) groups is 1. The fourth-order valence-electron chi connectivity index (χ4n) is 5.06. The molecule has 1 amide bonds. The van der Waals surface area contributed by atoms with Gasteiger partial charge in [0.1, 0.15) is 11.6 Å². The molecule has 0 saturated heterocycles. The largest absolute Gasteiger partial charge is 0.507 e. The molecule has 38 heavy (non-hydrogen) atoms. The van der Waals surface area contributed by atoms with Crippen LogP contribution in [0.2, 0.25) is 0 Å². The monoisotopic (exact) mass is 534 g/mol. The lowest BCUT2D eigenvalue weighted by Gasteiger charge is -2.30. The third-order valence-corrected chi connectivity index (χ3v) is 7.72. The Balaban J connectivity index is 1.47. The highest BCUT2D eigenvalue weighted by atomic mass is 32.2. The van der Waals surface area contributed by atoms with Crippen molar-refractivity contribution < 1.29 is 14.3 Å². The van der Waals surface area contributed by atoms with Gasteiger partial charge in [-0.05, 0) is 75.3 Å². The van der Waals surface area contributed by atoms with E-state index < -0.39 is 23.1 Å². The highest BCUT2D eigenvalue weighted by molar-refractivity contribution is 7.98. The summed E-state index contributed by atoms with van der Waals surface area (Å²) in [4.78, 5) is 45.0. The summed E-state index contributed by atoms with van der Waals surface area (Å²) in [6, 6.07) is 12.7. The van der Waals surface area contributed by atoms with Gasteiger partial charge in [0.2, 0.25) is 0 Å². The van der Waals surface area contributed by atoms with E-state index in [4.69, 9.17) is 0 Å². The highest BCUT2D eigenvalue weighted by Crippen LogP contribution is 2.28. The summed E-state index contributed by atoms with van der Waals surface area (Å²) in [6.07, 6.45) is 4.94. The third kappa shape index (κ3) is 4.83. The van der Waals surface area contributed by atoms with Crippen LogP contribution in [-0.4, -0.2) is 37.4 Å². The van der Waals surface area contributed by atoms with Crippen molar-refractivity contribution in [3.8, 4) is 11.4 Å². The number of nitrogens with one attached hydrogen (secondary N) is 1. The van der Waals surface area contributed by atoms with Gasteiger partial charge in [0.25, 0.3) is 11.5 Å². The van der Waals surface area contributed by atoms with E-state index in [1.54, 1.807) is 18.2 Å². The van der Waals surface area contributed by atoms with Crippen LogP contribution in [0.1, 0.15) is 47.6 Å². The van der Waals surface area contributed by atoms with Gasteiger partial charge in [-0.25, -0.2) is 18.7 Å². The summed E-state index contributed by atoms with van der Waals surface area (Å²) >= 11 is 1.52. The number of thioether (sulfide) groups is 1. The van der Waals surface area contributed by atoms with Crippen molar-refractivity contribution in [3.05, 3.63) is 92.5 Å². The predicted molar refractivity (Wildman–Crippen MR) is 145 cm³/mol. The first-order chi connectivity index (χ1) is 18.3. The molecule has 0 atom stereocenters. The molecule has 0 unspecified atom stereocenters. The number of aryl methyl sites for hydroxylation is 1. The minimum absolute atomic E-state index is 0.0319. The van der Waals surface area contributed by atoms with E-state index in [2.05, 4.69) is 10.3 Å². The zero-order valence-corrected chi connectivity index (χ0v) is 21.8. The average molecular weight is 535 g/mol. The minimum Gasteiger partial charge on any atom is -0.507 e. The van der Waals surface area contributed by atoms with Crippen LogP contribution in [0.4, 0.5) is 4.39 Å². The number of pyridine rings is 1. The van der Waals surface area contributed by atoms with Gasteiger partial charge in [-0.3, -0.25) is 14.2 Å². The molecule has 1 saturated carbocycles. The number of aromatic hydroxyl groups is 1. The second kappa shape index (κ2) is 10.4. The van der Waals surface area contributed by atoms with Gasteiger partial charge >= 0.3 is 5.69 Å². The van der Waals surface area contributed by atoms with E-state index >= 15 is 0 Å². The molecule has 2 aromatic carbocycles. The minimum atomic E-state index is -0.657. The van der Waals surface area contributed by atoms with E-state index in [0.29, 0.717) is 31.4 Å². The molecular formula is C28H27FN4O4S. The number of carbonyl (C=O) groups excluding carboxylic acids is 1. The zero-order chi connectivity index (χ0) is 27.0. The number of aromatic nitrogens is 3. The van der Waals surface area contributed by atoms with Crippen molar-refractivity contribution in [2.24, 2.45) is 0 Å². The van der Waals surface area contributed by atoms with E-state index in [0.717, 1.165) is 22.7 Å². The fourth-order valence-corrected chi connectivity index (χ4v) is 5.51. The number of amides is 1. The second-order valence-corrected chi connectivity index (χ2v) is 10.4. The van der Waals surface area contributed by atoms with E-state index in [-0.39, 0.29) is 34.3 Å². The molecule has 0 radical (unpaired) electrons. The molecule has 1 fully saturated rings. The average Bonchev–Trinajstić information content (AvgIpc) is 2.91. The number of phenolic OH excluding ortho intramolecular Hbond substituents is 1. The lowest BCUT2D eigenvalue weighted by Crippen LogP contribution is -2.45. The quantitative estimate of drug-likeness (QED) is 0.369. The van der Waals surface area contributed by atoms with Crippen molar-refractivity contribution >= 4 is 28.7 Å². The van der Waals surface area contributed by atoms with Gasteiger partial charge in [-0.15, -0.1) is 11.8 Å². The van der Waals surface area contributed by atoms with E-state index in [1.165, 1.54) is 27.0 Å². The number of benzene rings is 2. The van der Waals surface area contributed by atoms with Crippen LogP contribution in [0.5, 0.6) is 5.75 Å². The SMILES string of the molecule is CSc1cccc(-n2c(=O)n([C@H]3CC[C@@H](NC(=O)c4cc(C)ccc4O)CC3)c(=O)c3cc(F)cnc32)c1. The second-order valence-electron chi connectivity index (χ2n) is 9.52. The molecule has 196 valence electrons. The maximum absolute atomic E-state index is 14.2. The van der Waals surface area contributed by atoms with Crippen LogP contribution >= 0.6 is 11.8 Å². The first kappa shape index (κ1) is 25.7. The van der Waals surface area contributed by atoms with Crippen LogP contribution < -0.4 is 16.6 Å². The topological polar surface area (TPSA) is 106 Å². The molecule has 10 heteroatoms. The summed E-state index contributed by atoms with van der Waals surface area (Å²) in [5.41, 5.74) is 0.609. The van der Waals surface area contributed by atoms with Gasteiger partial charge in [0, 0.05) is 17.0 Å². The van der Waals surface area contributed by atoms with Crippen LogP contribution in [0, 0.1) is 12.7 Å². The maximum atomic E-state index is 14.2. The molecule has 1 aliphatic carbocycles. The highest BCUT2D eigenvalue weighted by Gasteiger charge is 2.28. The summed E-state index contributed by atoms with van der Waals surface area (Å²) in [5, 5.41) is 13.1. The van der Waals surface area contributed by atoms with Crippen molar-refractivity contribution in [3.63, 3.8) is 0 Å². The fraction of sp³-hybridized carbons (Fsp3) is 0.286. The first-order valence-corrected chi connectivity index (χ1v) is 13.6. The van der Waals surface area contributed by atoms with Crippen molar-refractivity contribution in [2.45, 2.75) is 49.6 Å². The molecule has 8 nitrogen and oxygen atoms in total. The van der Waals surface area contributed by atoms with E-state index in [9.17, 15) is 23.9 Å². The Bertz CT molecular complexity index is 1660. The molecular weight excluding hydrogens is 507 g/mol. The lowest BCUT2D eigenvalue weighted by molar-refractivity contribution is 0.0919. The third-order valence-electron chi connectivity index (χ3n) is 7.00. The lowest BCUT2D eigenvalue weighted by atomic mass is 9.90. The van der Waals surface area contributed by atoms with Gasteiger partial charge in [-0.1, -0.05) is 17.7 Å². The first-order valence-electron chi connectivity index (χ1n) is 12.3. The zero-order valence-electron chi connectivity index (χ0n) is 21.0. The number of nitrogens with zero attached hydrogens (tertiary/aromatic N) is 3. The summed E-state index contributed by atoms with van der Waals surface area (Å²) in [6.45, 7) is 1.84. The van der Waals surface area contributed by atoms with E-state index in [1.807, 2.05) is 31.4 Å². The Hall–Kier alpha value is -3.92. The van der Waals surface area contributed by atoms with Crippen LogP contribution in [0.15, 0.2) is 69.2 Å². The predicted octanol–water partition coefficient (Wildman–Crippen LogP) is 4.34. The standard InChI is InChI=1S/C28H27FN4O4S/c1-16-6-11-24(34)22(12-16)26(35)31-18-7-9-19(10-8-18)33-27(36)23-13-17(29)15-30-25(23)32(28(33)37)20-4-3-5-21(14-20)38-2/h3-6,11-15,18-19,34H,7-10H2,1-2H3,(H,31,35)/t18-,19+. The van der Waals surface area contributed by atoms with Crippen LogP contribution in [-0.2, 0) is 0 Å². The van der Waals surface area contributed by atoms with Crippen molar-refractivity contribution in [2.75, 3.05) is 6.26 Å². The molecule has 1 aliphatic rings. The molecule has 0 bridgehead atoms. The molecule has 2 heterocycles. The number of hydrogen-bond acceptors (Lipinski definition) is 6. The number of phenols is 1. The number of hydrogen-bond donors (Lipinski definition) is 2. The normalized spacial score (nSPS) is 17.4. The Morgan fingerprint density at radius 2 is 1.87 bits per heavy atom. The van der Waals surface area contributed by atoms with Crippen molar-refractivity contribution in [1.82, 2.24) is 19.4 Å². The van der Waals surface area contributed by atoms with Crippen molar-refractivity contribution in [1.29, 1.82) is 0 Å². The summed E-state index contributed by atoms with van der Waals surface area (Å²) in [5.74, 6) is -1.11. The van der Waals surface area contributed by atoms with Gasteiger partial charge < -0.3 is 10.4 Å². The molecule has 2 aromatic heterocycles. The van der Waals surface area contributed by atoms with Crippen LogP contribution in [0.25, 0.3) is 16.7 Å². The van der Waals surface area contributed by atoms with Gasteiger partial charge in [0.15, 0.2) is 5.65 Å². The van der Waals surface area contributed by atoms with Crippen LogP contribution in [0.3, 0.4) is 0 Å². The number of rotatable bonds is 5. The maximum Gasteiger partial charge on any atom is 0.337 e. The Morgan fingerprint density at radius 3 is 2.61 bits per heavy atom. The summed E-state index contributed by atoms with van der Waals surface area (Å²) < 4.78 is 16.7. The molecule has 5 rings (SSSR count). The summed E-state index contributed by atoms with van der Waals surface area (Å²) in [7, 11) is 0. The molecule has 4 aromatic rings. The Kier molecular flexibility index (Phi) is 7.07.